The summed E-state index contributed by atoms with van der Waals surface area (Å²) in [6, 6.07) is 8.05. The largest absolute Gasteiger partial charge is 0.362 e. The summed E-state index contributed by atoms with van der Waals surface area (Å²) in [5.74, 6) is 0. The minimum Gasteiger partial charge on any atom is -0.362 e. The standard InChI is InChI=1S/C9H10BrN/c1-2-7-11-9-5-3-8(10)4-6-9/h2-7,11H,1H3/b7-2+. The first-order valence-electron chi connectivity index (χ1n) is 3.46. The predicted molar refractivity (Wildman–Crippen MR) is 52.6 cm³/mol. The number of rotatable bonds is 2. The average molecular weight is 212 g/mol. The van der Waals surface area contributed by atoms with Crippen LogP contribution < -0.4 is 5.32 Å². The van der Waals surface area contributed by atoms with Crippen molar-refractivity contribution in [3.63, 3.8) is 0 Å². The molecule has 0 saturated heterocycles. The fourth-order valence-corrected chi connectivity index (χ4v) is 0.990. The molecule has 11 heavy (non-hydrogen) atoms. The quantitative estimate of drug-likeness (QED) is 0.792. The van der Waals surface area contributed by atoms with Gasteiger partial charge in [-0.3, -0.25) is 0 Å². The molecule has 0 aliphatic carbocycles. The van der Waals surface area contributed by atoms with E-state index in [1.54, 1.807) is 0 Å². The summed E-state index contributed by atoms with van der Waals surface area (Å²) < 4.78 is 1.10. The minimum absolute atomic E-state index is 1.10. The Morgan fingerprint density at radius 2 is 1.91 bits per heavy atom. The molecule has 1 rings (SSSR count). The molecule has 0 amide bonds. The summed E-state index contributed by atoms with van der Waals surface area (Å²) in [4.78, 5) is 0. The van der Waals surface area contributed by atoms with Crippen molar-refractivity contribution < 1.29 is 0 Å². The lowest BCUT2D eigenvalue weighted by Gasteiger charge is -1.98. The molecule has 0 heterocycles. The number of nitrogens with one attached hydrogen (secondary N) is 1. The highest BCUT2D eigenvalue weighted by molar-refractivity contribution is 9.10. The van der Waals surface area contributed by atoms with Crippen LogP contribution in [0.25, 0.3) is 0 Å². The molecule has 1 nitrogen and oxygen atoms in total. The topological polar surface area (TPSA) is 12.0 Å². The first-order valence-corrected chi connectivity index (χ1v) is 4.25. The molecular formula is C9H10BrN. The molecule has 0 radical (unpaired) electrons. The number of benzene rings is 1. The van der Waals surface area contributed by atoms with Gasteiger partial charge in [0.05, 0.1) is 0 Å². The molecule has 1 N–H and O–H groups in total. The van der Waals surface area contributed by atoms with E-state index in [4.69, 9.17) is 0 Å². The molecule has 58 valence electrons. The lowest BCUT2D eigenvalue weighted by Crippen LogP contribution is -1.84. The van der Waals surface area contributed by atoms with Gasteiger partial charge in [-0.05, 0) is 37.4 Å². The van der Waals surface area contributed by atoms with Gasteiger partial charge < -0.3 is 5.32 Å². The summed E-state index contributed by atoms with van der Waals surface area (Å²) in [7, 11) is 0. The summed E-state index contributed by atoms with van der Waals surface area (Å²) in [5.41, 5.74) is 1.10. The molecule has 0 aliphatic heterocycles. The predicted octanol–water partition coefficient (Wildman–Crippen LogP) is 3.39. The smallest absolute Gasteiger partial charge is 0.0380 e. The summed E-state index contributed by atoms with van der Waals surface area (Å²) >= 11 is 3.37. The fourth-order valence-electron chi connectivity index (χ4n) is 0.726. The minimum atomic E-state index is 1.10. The van der Waals surface area contributed by atoms with Gasteiger partial charge in [0.1, 0.15) is 0 Å². The van der Waals surface area contributed by atoms with Crippen molar-refractivity contribution in [3.8, 4) is 0 Å². The maximum Gasteiger partial charge on any atom is 0.0380 e. The van der Waals surface area contributed by atoms with Crippen molar-refractivity contribution in [2.75, 3.05) is 5.32 Å². The molecule has 2 heteroatoms. The van der Waals surface area contributed by atoms with Crippen LogP contribution in [-0.4, -0.2) is 0 Å². The third-order valence-electron chi connectivity index (χ3n) is 1.26. The van der Waals surface area contributed by atoms with E-state index in [-0.39, 0.29) is 0 Å². The van der Waals surface area contributed by atoms with Gasteiger partial charge in [-0.25, -0.2) is 0 Å². The summed E-state index contributed by atoms with van der Waals surface area (Å²) in [6.07, 6.45) is 3.87. The second kappa shape index (κ2) is 4.19. The maximum absolute atomic E-state index is 3.37. The molecular weight excluding hydrogens is 202 g/mol. The van der Waals surface area contributed by atoms with Crippen LogP contribution >= 0.6 is 15.9 Å². The van der Waals surface area contributed by atoms with Gasteiger partial charge in [-0.2, -0.15) is 0 Å². The Labute approximate surface area is 75.3 Å². The number of hydrogen-bond donors (Lipinski definition) is 1. The molecule has 0 bridgehead atoms. The van der Waals surface area contributed by atoms with E-state index < -0.39 is 0 Å². The van der Waals surface area contributed by atoms with Gasteiger partial charge in [-0.15, -0.1) is 0 Å². The number of allylic oxidation sites excluding steroid dienone is 1. The second-order valence-corrected chi connectivity index (χ2v) is 3.07. The number of hydrogen-bond acceptors (Lipinski definition) is 1. The Bertz CT molecular complexity index is 238. The van der Waals surface area contributed by atoms with Gasteiger partial charge in [-0.1, -0.05) is 22.0 Å². The van der Waals surface area contributed by atoms with Crippen molar-refractivity contribution >= 4 is 21.6 Å². The first-order chi connectivity index (χ1) is 5.33. The van der Waals surface area contributed by atoms with Gasteiger partial charge in [0, 0.05) is 10.2 Å². The van der Waals surface area contributed by atoms with Crippen molar-refractivity contribution in [2.45, 2.75) is 6.92 Å². The zero-order chi connectivity index (χ0) is 8.10. The molecule has 0 saturated carbocycles. The van der Waals surface area contributed by atoms with Crippen LogP contribution in [-0.2, 0) is 0 Å². The lowest BCUT2D eigenvalue weighted by molar-refractivity contribution is 1.54. The Kier molecular flexibility index (Phi) is 3.17. The van der Waals surface area contributed by atoms with Crippen molar-refractivity contribution in [2.24, 2.45) is 0 Å². The Balaban J connectivity index is 2.66. The first kappa shape index (κ1) is 8.34. The van der Waals surface area contributed by atoms with Crippen LogP contribution in [0.1, 0.15) is 6.92 Å². The van der Waals surface area contributed by atoms with Crippen LogP contribution in [0, 0.1) is 0 Å². The van der Waals surface area contributed by atoms with E-state index in [9.17, 15) is 0 Å². The molecule has 0 spiro atoms. The monoisotopic (exact) mass is 211 g/mol. The van der Waals surface area contributed by atoms with E-state index >= 15 is 0 Å². The van der Waals surface area contributed by atoms with E-state index in [1.165, 1.54) is 0 Å². The Morgan fingerprint density at radius 1 is 1.27 bits per heavy atom. The van der Waals surface area contributed by atoms with Crippen LogP contribution in [0.15, 0.2) is 41.0 Å². The normalized spacial score (nSPS) is 10.4. The van der Waals surface area contributed by atoms with E-state index in [1.807, 2.05) is 43.5 Å². The van der Waals surface area contributed by atoms with E-state index in [2.05, 4.69) is 21.2 Å². The molecule has 1 aromatic rings. The zero-order valence-corrected chi connectivity index (χ0v) is 7.93. The molecule has 0 unspecified atom stereocenters. The molecule has 0 aromatic heterocycles. The van der Waals surface area contributed by atoms with Crippen LogP contribution in [0.2, 0.25) is 0 Å². The Morgan fingerprint density at radius 3 is 2.45 bits per heavy atom. The highest BCUT2D eigenvalue weighted by Gasteiger charge is 1.86. The van der Waals surface area contributed by atoms with Crippen molar-refractivity contribution in [1.29, 1.82) is 0 Å². The SMILES string of the molecule is C/C=C/Nc1ccc(Br)cc1. The summed E-state index contributed by atoms with van der Waals surface area (Å²) in [5, 5.41) is 3.12. The van der Waals surface area contributed by atoms with Crippen LogP contribution in [0.5, 0.6) is 0 Å². The highest BCUT2D eigenvalue weighted by Crippen LogP contribution is 2.13. The maximum atomic E-state index is 3.37. The van der Waals surface area contributed by atoms with Gasteiger partial charge in [0.2, 0.25) is 0 Å². The second-order valence-electron chi connectivity index (χ2n) is 2.15. The van der Waals surface area contributed by atoms with E-state index in [0.29, 0.717) is 0 Å². The van der Waals surface area contributed by atoms with Crippen LogP contribution in [0.4, 0.5) is 5.69 Å². The van der Waals surface area contributed by atoms with Gasteiger partial charge in [0.15, 0.2) is 0 Å². The van der Waals surface area contributed by atoms with E-state index in [0.717, 1.165) is 10.2 Å². The highest BCUT2D eigenvalue weighted by atomic mass is 79.9. The van der Waals surface area contributed by atoms with Crippen molar-refractivity contribution in [1.82, 2.24) is 0 Å². The number of anilines is 1. The number of halogens is 1. The van der Waals surface area contributed by atoms with Crippen molar-refractivity contribution in [3.05, 3.63) is 41.0 Å². The molecule has 0 atom stereocenters. The third-order valence-corrected chi connectivity index (χ3v) is 1.79. The zero-order valence-electron chi connectivity index (χ0n) is 6.34. The average Bonchev–Trinajstić information content (AvgIpc) is 2.04. The third kappa shape index (κ3) is 2.76. The summed E-state index contributed by atoms with van der Waals surface area (Å²) in [6.45, 7) is 1.98. The Hall–Kier alpha value is -0.760. The molecule has 0 fully saturated rings. The fraction of sp³-hybridized carbons (Fsp3) is 0.111. The van der Waals surface area contributed by atoms with Gasteiger partial charge in [0.25, 0.3) is 0 Å². The van der Waals surface area contributed by atoms with Gasteiger partial charge >= 0.3 is 0 Å². The van der Waals surface area contributed by atoms with Crippen LogP contribution in [0.3, 0.4) is 0 Å². The molecule has 1 aromatic carbocycles. The molecule has 0 aliphatic rings. The lowest BCUT2D eigenvalue weighted by atomic mass is 10.3.